The highest BCUT2D eigenvalue weighted by atomic mass is 35.5. The van der Waals surface area contributed by atoms with Gasteiger partial charge in [0.1, 0.15) is 11.2 Å². The maximum Gasteiger partial charge on any atom is 0.190 e. The summed E-state index contributed by atoms with van der Waals surface area (Å²) in [7, 11) is 0. The summed E-state index contributed by atoms with van der Waals surface area (Å²) in [4.78, 5) is 16.2. The molecule has 7 heteroatoms. The van der Waals surface area contributed by atoms with Gasteiger partial charge in [0.15, 0.2) is 5.78 Å². The van der Waals surface area contributed by atoms with Crippen LogP contribution < -0.4 is 5.32 Å². The van der Waals surface area contributed by atoms with Gasteiger partial charge >= 0.3 is 0 Å². The van der Waals surface area contributed by atoms with E-state index in [-0.39, 0.29) is 27.2 Å². The minimum Gasteiger partial charge on any atom is -0.351 e. The molecule has 0 spiro atoms. The van der Waals surface area contributed by atoms with E-state index in [0.29, 0.717) is 16.3 Å². The van der Waals surface area contributed by atoms with Gasteiger partial charge in [-0.25, -0.2) is 4.98 Å². The number of hydrogen-bond donors (Lipinski definition) is 1. The van der Waals surface area contributed by atoms with Crippen molar-refractivity contribution in [1.82, 2.24) is 4.98 Å². The Bertz CT molecular complexity index is 841. The van der Waals surface area contributed by atoms with Crippen LogP contribution in [-0.4, -0.2) is 10.8 Å². The highest BCUT2D eigenvalue weighted by Gasteiger charge is 2.20. The summed E-state index contributed by atoms with van der Waals surface area (Å²) >= 11 is 18.3. The molecule has 0 aliphatic heterocycles. The summed E-state index contributed by atoms with van der Waals surface area (Å²) in [5, 5.41) is 12.7. The maximum absolute atomic E-state index is 12.3. The SMILES string of the molecule is C/C=C/C(=O)c1c(Cl)ncc(Cl)c1Nc1c(Cl)cccc1C#N. The molecule has 2 aromatic rings. The van der Waals surface area contributed by atoms with E-state index in [4.69, 9.17) is 34.8 Å². The molecule has 0 atom stereocenters. The van der Waals surface area contributed by atoms with E-state index in [1.165, 1.54) is 12.3 Å². The van der Waals surface area contributed by atoms with E-state index in [1.54, 1.807) is 31.2 Å². The summed E-state index contributed by atoms with van der Waals surface area (Å²) in [5.41, 5.74) is 1.02. The number of rotatable bonds is 4. The zero-order valence-corrected chi connectivity index (χ0v) is 14.2. The Morgan fingerprint density at radius 2 is 2.00 bits per heavy atom. The fourth-order valence-corrected chi connectivity index (χ4v) is 2.56. The van der Waals surface area contributed by atoms with Crippen LogP contribution in [0.15, 0.2) is 36.5 Å². The van der Waals surface area contributed by atoms with Crippen LogP contribution >= 0.6 is 34.8 Å². The van der Waals surface area contributed by atoms with Crippen LogP contribution in [0.3, 0.4) is 0 Å². The number of carbonyl (C=O) groups excluding carboxylic acids is 1. The molecule has 0 unspecified atom stereocenters. The number of anilines is 2. The Labute approximate surface area is 148 Å². The zero-order chi connectivity index (χ0) is 17.0. The normalized spacial score (nSPS) is 10.6. The highest BCUT2D eigenvalue weighted by Crippen LogP contribution is 2.36. The molecule has 1 aromatic heterocycles. The lowest BCUT2D eigenvalue weighted by atomic mass is 10.1. The van der Waals surface area contributed by atoms with Crippen molar-refractivity contribution in [3.8, 4) is 6.07 Å². The van der Waals surface area contributed by atoms with Gasteiger partial charge in [-0.2, -0.15) is 5.26 Å². The first-order chi connectivity index (χ1) is 11.0. The topological polar surface area (TPSA) is 65.8 Å². The summed E-state index contributed by atoms with van der Waals surface area (Å²) < 4.78 is 0. The van der Waals surface area contributed by atoms with Gasteiger partial charge in [0.2, 0.25) is 0 Å². The number of nitriles is 1. The van der Waals surface area contributed by atoms with Crippen molar-refractivity contribution in [2.24, 2.45) is 0 Å². The first kappa shape index (κ1) is 17.3. The van der Waals surface area contributed by atoms with Crippen molar-refractivity contribution in [3.63, 3.8) is 0 Å². The number of nitrogens with one attached hydrogen (secondary N) is 1. The first-order valence-electron chi connectivity index (χ1n) is 6.46. The Morgan fingerprint density at radius 1 is 1.26 bits per heavy atom. The molecule has 0 saturated heterocycles. The van der Waals surface area contributed by atoms with Gasteiger partial charge in [-0.15, -0.1) is 0 Å². The molecule has 0 aliphatic rings. The molecule has 23 heavy (non-hydrogen) atoms. The second-order valence-corrected chi connectivity index (χ2v) is 5.58. The third kappa shape index (κ3) is 3.65. The Hall–Kier alpha value is -2.06. The molecule has 0 bridgehead atoms. The van der Waals surface area contributed by atoms with Gasteiger partial charge in [-0.3, -0.25) is 4.79 Å². The van der Waals surface area contributed by atoms with Crippen LogP contribution in [0.2, 0.25) is 15.2 Å². The molecule has 4 nitrogen and oxygen atoms in total. The van der Waals surface area contributed by atoms with Crippen molar-refractivity contribution in [2.45, 2.75) is 6.92 Å². The lowest BCUT2D eigenvalue weighted by Crippen LogP contribution is -2.06. The van der Waals surface area contributed by atoms with Crippen LogP contribution in [0.4, 0.5) is 11.4 Å². The van der Waals surface area contributed by atoms with Crippen molar-refractivity contribution in [3.05, 3.63) is 62.9 Å². The third-order valence-corrected chi connectivity index (χ3v) is 3.82. The molecule has 1 aromatic carbocycles. The molecule has 0 aliphatic carbocycles. The molecule has 2 rings (SSSR count). The summed E-state index contributed by atoms with van der Waals surface area (Å²) in [6.07, 6.45) is 4.25. The first-order valence-corrected chi connectivity index (χ1v) is 7.59. The number of aromatic nitrogens is 1. The number of nitrogens with zero attached hydrogens (tertiary/aromatic N) is 2. The molecule has 1 N–H and O–H groups in total. The number of pyridine rings is 1. The number of allylic oxidation sites excluding steroid dienone is 2. The average Bonchev–Trinajstić information content (AvgIpc) is 2.52. The van der Waals surface area contributed by atoms with Crippen LogP contribution in [0.1, 0.15) is 22.8 Å². The molecular weight excluding hydrogens is 357 g/mol. The second-order valence-electron chi connectivity index (χ2n) is 4.41. The lowest BCUT2D eigenvalue weighted by molar-refractivity contribution is 0.104. The summed E-state index contributed by atoms with van der Waals surface area (Å²) in [5.74, 6) is -0.361. The van der Waals surface area contributed by atoms with Gasteiger partial charge in [0.25, 0.3) is 0 Å². The highest BCUT2D eigenvalue weighted by molar-refractivity contribution is 6.39. The van der Waals surface area contributed by atoms with Crippen LogP contribution in [0.5, 0.6) is 0 Å². The Balaban J connectivity index is 2.64. The number of para-hydroxylation sites is 1. The standard InChI is InChI=1S/C16H10Cl3N3O/c1-2-4-12(23)13-15(11(18)8-21-16(13)19)22-14-9(7-20)5-3-6-10(14)17/h2-6,8H,1H3,(H,21,22)/b4-2+. The molecule has 0 fully saturated rings. The smallest absolute Gasteiger partial charge is 0.190 e. The van der Waals surface area contributed by atoms with E-state index in [2.05, 4.69) is 10.3 Å². The van der Waals surface area contributed by atoms with E-state index in [9.17, 15) is 10.1 Å². The Morgan fingerprint density at radius 3 is 2.65 bits per heavy atom. The third-order valence-electron chi connectivity index (χ3n) is 2.93. The van der Waals surface area contributed by atoms with Gasteiger partial charge in [-0.1, -0.05) is 46.9 Å². The Kier molecular flexibility index (Phi) is 5.62. The molecule has 116 valence electrons. The lowest BCUT2D eigenvalue weighted by Gasteiger charge is -2.15. The number of hydrogen-bond acceptors (Lipinski definition) is 4. The van der Waals surface area contributed by atoms with Gasteiger partial charge in [-0.05, 0) is 25.1 Å². The number of carbonyl (C=O) groups is 1. The fraction of sp³-hybridized carbons (Fsp3) is 0.0625. The number of benzene rings is 1. The maximum atomic E-state index is 12.3. The molecule has 0 radical (unpaired) electrons. The minimum atomic E-state index is -0.361. The van der Waals surface area contributed by atoms with Gasteiger partial charge in [0, 0.05) is 6.20 Å². The van der Waals surface area contributed by atoms with E-state index >= 15 is 0 Å². The van der Waals surface area contributed by atoms with E-state index in [0.717, 1.165) is 0 Å². The predicted molar refractivity (Wildman–Crippen MR) is 92.9 cm³/mol. The van der Waals surface area contributed by atoms with E-state index < -0.39 is 0 Å². The molecular formula is C16H10Cl3N3O. The number of halogens is 3. The summed E-state index contributed by atoms with van der Waals surface area (Å²) in [6.45, 7) is 1.71. The molecule has 1 heterocycles. The van der Waals surface area contributed by atoms with Crippen LogP contribution in [0, 0.1) is 11.3 Å². The van der Waals surface area contributed by atoms with E-state index in [1.807, 2.05) is 6.07 Å². The fourth-order valence-electron chi connectivity index (χ4n) is 1.92. The van der Waals surface area contributed by atoms with Crippen molar-refractivity contribution >= 4 is 52.0 Å². The average molecular weight is 367 g/mol. The predicted octanol–water partition coefficient (Wildman–Crippen LogP) is 5.42. The van der Waals surface area contributed by atoms with Crippen LogP contribution in [-0.2, 0) is 0 Å². The minimum absolute atomic E-state index is 0.00515. The monoisotopic (exact) mass is 365 g/mol. The number of ketones is 1. The van der Waals surface area contributed by atoms with Crippen LogP contribution in [0.25, 0.3) is 0 Å². The van der Waals surface area contributed by atoms with Crippen molar-refractivity contribution in [2.75, 3.05) is 5.32 Å². The second kappa shape index (κ2) is 7.47. The zero-order valence-electron chi connectivity index (χ0n) is 11.9. The molecule has 0 saturated carbocycles. The van der Waals surface area contributed by atoms with Gasteiger partial charge < -0.3 is 5.32 Å². The molecule has 0 amide bonds. The summed E-state index contributed by atoms with van der Waals surface area (Å²) in [6, 6.07) is 6.89. The quantitative estimate of drug-likeness (QED) is 0.446. The van der Waals surface area contributed by atoms with Crippen molar-refractivity contribution < 1.29 is 4.79 Å². The van der Waals surface area contributed by atoms with Crippen molar-refractivity contribution in [1.29, 1.82) is 5.26 Å². The van der Waals surface area contributed by atoms with Gasteiger partial charge in [0.05, 0.1) is 32.5 Å². The largest absolute Gasteiger partial charge is 0.351 e.